The second-order valence-electron chi connectivity index (χ2n) is 5.54. The first kappa shape index (κ1) is 17.4. The van der Waals surface area contributed by atoms with Crippen LogP contribution in [0, 0.1) is 17.0 Å². The van der Waals surface area contributed by atoms with Gasteiger partial charge in [0.1, 0.15) is 6.61 Å². The van der Waals surface area contributed by atoms with Crippen molar-refractivity contribution in [3.63, 3.8) is 0 Å². The van der Waals surface area contributed by atoms with E-state index >= 15 is 0 Å². The predicted molar refractivity (Wildman–Crippen MR) is 75.3 cm³/mol. The van der Waals surface area contributed by atoms with Crippen molar-refractivity contribution < 1.29 is 23.4 Å². The van der Waals surface area contributed by atoms with Gasteiger partial charge in [0.25, 0.3) is 0 Å². The molecule has 6 heteroatoms. The maximum Gasteiger partial charge on any atom is 0.312 e. The molecular formula is C15H21F2NO3. The number of carboxylic acids is 1. The number of ether oxygens (including phenoxy) is 1. The number of hydrogen-bond acceptors (Lipinski definition) is 3. The van der Waals surface area contributed by atoms with Crippen LogP contribution in [0.4, 0.5) is 8.78 Å². The molecule has 0 aliphatic carbocycles. The van der Waals surface area contributed by atoms with Gasteiger partial charge in [-0.2, -0.15) is 0 Å². The van der Waals surface area contributed by atoms with Gasteiger partial charge in [0, 0.05) is 6.54 Å². The molecule has 0 aliphatic rings. The number of rotatable bonds is 8. The maximum absolute atomic E-state index is 13.9. The Bertz CT molecular complexity index is 481. The molecule has 1 aromatic carbocycles. The highest BCUT2D eigenvalue weighted by Crippen LogP contribution is 2.26. The molecule has 0 unspecified atom stereocenters. The molecule has 0 amide bonds. The van der Waals surface area contributed by atoms with Gasteiger partial charge in [-0.25, -0.2) is 8.78 Å². The highest BCUT2D eigenvalue weighted by Gasteiger charge is 2.29. The zero-order valence-corrected chi connectivity index (χ0v) is 12.5. The number of carboxylic acid groups (broad SMARTS) is 1. The second kappa shape index (κ2) is 7.36. The molecule has 21 heavy (non-hydrogen) atoms. The molecule has 0 aliphatic heterocycles. The number of nitrogens with one attached hydrogen (secondary N) is 1. The summed E-state index contributed by atoms with van der Waals surface area (Å²) in [6.07, 6.45) is 0.927. The predicted octanol–water partition coefficient (Wildman–Crippen LogP) is 2.95. The minimum atomic E-state index is -1.22. The summed E-state index contributed by atoms with van der Waals surface area (Å²) in [7, 11) is 0. The standard InChI is InChI=1S/C15H21F2NO3/c1-4-5-18-8-10-6-11(16)13(12(17)7-10)21-9-15(2,3)14(19)20/h6-7,18H,4-5,8-9H2,1-3H3,(H,19,20). The van der Waals surface area contributed by atoms with Crippen molar-refractivity contribution in [1.82, 2.24) is 5.32 Å². The fourth-order valence-electron chi connectivity index (χ4n) is 1.58. The van der Waals surface area contributed by atoms with Gasteiger partial charge in [0.15, 0.2) is 17.4 Å². The van der Waals surface area contributed by atoms with Gasteiger partial charge < -0.3 is 15.2 Å². The van der Waals surface area contributed by atoms with Gasteiger partial charge in [-0.3, -0.25) is 4.79 Å². The molecule has 1 rings (SSSR count). The fourth-order valence-corrected chi connectivity index (χ4v) is 1.58. The summed E-state index contributed by atoms with van der Waals surface area (Å²) in [4.78, 5) is 10.9. The molecule has 0 radical (unpaired) electrons. The fraction of sp³-hybridized carbons (Fsp3) is 0.533. The van der Waals surface area contributed by atoms with Crippen molar-refractivity contribution in [3.05, 3.63) is 29.3 Å². The zero-order chi connectivity index (χ0) is 16.0. The summed E-state index contributed by atoms with van der Waals surface area (Å²) in [6, 6.07) is 2.38. The van der Waals surface area contributed by atoms with Crippen LogP contribution in [0.1, 0.15) is 32.8 Å². The number of carbonyl (C=O) groups is 1. The summed E-state index contributed by atoms with van der Waals surface area (Å²) >= 11 is 0. The van der Waals surface area contributed by atoms with Gasteiger partial charge in [-0.05, 0) is 44.5 Å². The second-order valence-corrected chi connectivity index (χ2v) is 5.54. The third kappa shape index (κ3) is 4.97. The molecule has 2 N–H and O–H groups in total. The molecule has 1 aromatic rings. The van der Waals surface area contributed by atoms with E-state index in [2.05, 4.69) is 5.32 Å². The van der Waals surface area contributed by atoms with E-state index in [9.17, 15) is 13.6 Å². The lowest BCUT2D eigenvalue weighted by atomic mass is 9.95. The number of hydrogen-bond donors (Lipinski definition) is 2. The van der Waals surface area contributed by atoms with Crippen molar-refractivity contribution in [3.8, 4) is 5.75 Å². The first-order chi connectivity index (χ1) is 9.77. The van der Waals surface area contributed by atoms with E-state index in [0.29, 0.717) is 12.1 Å². The third-order valence-electron chi connectivity index (χ3n) is 2.97. The van der Waals surface area contributed by atoms with Crippen LogP contribution in [-0.4, -0.2) is 24.2 Å². The van der Waals surface area contributed by atoms with Crippen molar-refractivity contribution >= 4 is 5.97 Å². The van der Waals surface area contributed by atoms with Crippen LogP contribution in [0.3, 0.4) is 0 Å². The van der Waals surface area contributed by atoms with Crippen molar-refractivity contribution in [1.29, 1.82) is 0 Å². The Hall–Kier alpha value is -1.69. The highest BCUT2D eigenvalue weighted by atomic mass is 19.1. The lowest BCUT2D eigenvalue weighted by Gasteiger charge is -2.20. The van der Waals surface area contributed by atoms with Crippen LogP contribution in [0.5, 0.6) is 5.75 Å². The Morgan fingerprint density at radius 2 is 1.90 bits per heavy atom. The van der Waals surface area contributed by atoms with Gasteiger partial charge in [-0.1, -0.05) is 6.92 Å². The summed E-state index contributed by atoms with van der Waals surface area (Å²) < 4.78 is 32.7. The largest absolute Gasteiger partial charge is 0.486 e. The van der Waals surface area contributed by atoms with E-state index in [4.69, 9.17) is 9.84 Å². The molecule has 118 valence electrons. The average molecular weight is 301 g/mol. The highest BCUT2D eigenvalue weighted by molar-refractivity contribution is 5.73. The molecule has 4 nitrogen and oxygen atoms in total. The lowest BCUT2D eigenvalue weighted by Crippen LogP contribution is -2.31. The van der Waals surface area contributed by atoms with Crippen LogP contribution in [0.25, 0.3) is 0 Å². The lowest BCUT2D eigenvalue weighted by molar-refractivity contribution is -0.148. The van der Waals surface area contributed by atoms with Crippen molar-refractivity contribution in [2.75, 3.05) is 13.2 Å². The van der Waals surface area contributed by atoms with Crippen LogP contribution < -0.4 is 10.1 Å². The van der Waals surface area contributed by atoms with E-state index in [1.165, 1.54) is 26.0 Å². The monoisotopic (exact) mass is 301 g/mol. The number of benzene rings is 1. The Morgan fingerprint density at radius 1 is 1.33 bits per heavy atom. The Balaban J connectivity index is 2.78. The molecule has 0 bridgehead atoms. The summed E-state index contributed by atoms with van der Waals surface area (Å²) in [5.74, 6) is -3.29. The minimum absolute atomic E-state index is 0.316. The molecule has 0 fully saturated rings. The number of aliphatic carboxylic acids is 1. The van der Waals surface area contributed by atoms with E-state index in [1.54, 1.807) is 0 Å². The summed E-state index contributed by atoms with van der Waals surface area (Å²) in [5, 5.41) is 12.0. The maximum atomic E-state index is 13.9. The first-order valence-electron chi connectivity index (χ1n) is 6.82. The summed E-state index contributed by atoms with van der Waals surface area (Å²) in [5.41, 5.74) is -0.747. The van der Waals surface area contributed by atoms with Crippen LogP contribution in [0.2, 0.25) is 0 Å². The minimum Gasteiger partial charge on any atom is -0.486 e. The van der Waals surface area contributed by atoms with E-state index in [0.717, 1.165) is 13.0 Å². The third-order valence-corrected chi connectivity index (χ3v) is 2.97. The smallest absolute Gasteiger partial charge is 0.312 e. The topological polar surface area (TPSA) is 58.6 Å². The molecule has 0 saturated carbocycles. The zero-order valence-electron chi connectivity index (χ0n) is 12.5. The average Bonchev–Trinajstić information content (AvgIpc) is 2.37. The first-order valence-corrected chi connectivity index (χ1v) is 6.82. The van der Waals surface area contributed by atoms with Crippen molar-refractivity contribution in [2.45, 2.75) is 33.7 Å². The molecule has 0 aromatic heterocycles. The number of halogens is 2. The van der Waals surface area contributed by atoms with E-state index in [-0.39, 0.29) is 6.61 Å². The molecular weight excluding hydrogens is 280 g/mol. The van der Waals surface area contributed by atoms with Crippen LogP contribution in [-0.2, 0) is 11.3 Å². The Morgan fingerprint density at radius 3 is 2.38 bits per heavy atom. The van der Waals surface area contributed by atoms with Crippen LogP contribution in [0.15, 0.2) is 12.1 Å². The SMILES string of the molecule is CCCNCc1cc(F)c(OCC(C)(C)C(=O)O)c(F)c1. The van der Waals surface area contributed by atoms with Gasteiger partial charge in [0.05, 0.1) is 5.41 Å². The van der Waals surface area contributed by atoms with Crippen molar-refractivity contribution in [2.24, 2.45) is 5.41 Å². The molecule has 0 atom stereocenters. The summed E-state index contributed by atoms with van der Waals surface area (Å²) in [6.45, 7) is 5.65. The van der Waals surface area contributed by atoms with Crippen LogP contribution >= 0.6 is 0 Å². The molecule has 0 heterocycles. The van der Waals surface area contributed by atoms with Gasteiger partial charge >= 0.3 is 5.97 Å². The van der Waals surface area contributed by atoms with Gasteiger partial charge in [0.2, 0.25) is 0 Å². The normalized spacial score (nSPS) is 11.5. The Kier molecular flexibility index (Phi) is 6.08. The quantitative estimate of drug-likeness (QED) is 0.725. The van der Waals surface area contributed by atoms with Gasteiger partial charge in [-0.15, -0.1) is 0 Å². The van der Waals surface area contributed by atoms with E-state index < -0.39 is 28.8 Å². The molecule has 0 saturated heterocycles. The van der Waals surface area contributed by atoms with E-state index in [1.807, 2.05) is 6.92 Å². The Labute approximate surface area is 123 Å². The molecule has 0 spiro atoms.